The smallest absolute Gasteiger partial charge is 0.163 e. The van der Waals surface area contributed by atoms with Gasteiger partial charge in [-0.15, -0.1) is 5.10 Å². The van der Waals surface area contributed by atoms with Crippen molar-refractivity contribution in [2.75, 3.05) is 0 Å². The third kappa shape index (κ3) is 2.24. The van der Waals surface area contributed by atoms with Crippen molar-refractivity contribution in [1.82, 2.24) is 14.9 Å². The van der Waals surface area contributed by atoms with Gasteiger partial charge in [0.05, 0.1) is 17.6 Å². The summed E-state index contributed by atoms with van der Waals surface area (Å²) in [6, 6.07) is 0. The Bertz CT molecular complexity index is 207. The van der Waals surface area contributed by atoms with E-state index >= 15 is 0 Å². The van der Waals surface area contributed by atoms with Gasteiger partial charge in [0.15, 0.2) is 5.11 Å². The van der Waals surface area contributed by atoms with Gasteiger partial charge in [-0.25, -0.2) is 0 Å². The maximum Gasteiger partial charge on any atom is 0.163 e. The van der Waals surface area contributed by atoms with E-state index in [-0.39, 0.29) is 0 Å². The summed E-state index contributed by atoms with van der Waals surface area (Å²) in [7, 11) is 0. The first kappa shape index (κ1) is 7.36. The summed E-state index contributed by atoms with van der Waals surface area (Å²) < 4.78 is 3.67. The number of thiocarbonyl (C=S) groups is 1. The minimum absolute atomic E-state index is 0.299. The van der Waals surface area contributed by atoms with E-state index in [1.165, 1.54) is 11.5 Å². The van der Waals surface area contributed by atoms with Crippen LogP contribution in [0.25, 0.3) is 0 Å². The van der Waals surface area contributed by atoms with E-state index in [0.717, 1.165) is 4.88 Å². The van der Waals surface area contributed by atoms with Crippen LogP contribution in [0.5, 0.6) is 0 Å². The molecule has 0 aliphatic carbocycles. The lowest BCUT2D eigenvalue weighted by Gasteiger charge is -1.97. The highest BCUT2D eigenvalue weighted by Crippen LogP contribution is 1.99. The molecule has 0 bridgehead atoms. The summed E-state index contributed by atoms with van der Waals surface area (Å²) in [4.78, 5) is 1.02. The first-order chi connectivity index (χ1) is 4.79. The van der Waals surface area contributed by atoms with Gasteiger partial charge in [0, 0.05) is 0 Å². The lowest BCUT2D eigenvalue weighted by atomic mass is 10.5. The molecule has 1 rings (SSSR count). The average Bonchev–Trinajstić information content (AvgIpc) is 2.34. The second kappa shape index (κ2) is 3.43. The van der Waals surface area contributed by atoms with Gasteiger partial charge < -0.3 is 11.1 Å². The Hall–Kier alpha value is -0.750. The molecule has 0 aromatic carbocycles. The monoisotopic (exact) mass is 174 g/mol. The zero-order valence-electron chi connectivity index (χ0n) is 5.07. The second-order valence-corrected chi connectivity index (χ2v) is 2.91. The molecular formula is C4H6N4S2. The maximum atomic E-state index is 5.19. The minimum atomic E-state index is 0.299. The summed E-state index contributed by atoms with van der Waals surface area (Å²) in [5.74, 6) is 0. The van der Waals surface area contributed by atoms with Gasteiger partial charge >= 0.3 is 0 Å². The number of aromatic nitrogens is 2. The number of nitrogens with zero attached hydrogens (tertiary/aromatic N) is 2. The average molecular weight is 174 g/mol. The molecule has 1 aromatic heterocycles. The molecule has 0 spiro atoms. The van der Waals surface area contributed by atoms with Gasteiger partial charge in [0.2, 0.25) is 0 Å². The molecule has 54 valence electrons. The fourth-order valence-electron chi connectivity index (χ4n) is 0.440. The molecule has 0 aliphatic rings. The van der Waals surface area contributed by atoms with E-state index < -0.39 is 0 Å². The van der Waals surface area contributed by atoms with Crippen molar-refractivity contribution < 1.29 is 0 Å². The standard InChI is InChI=1S/C4H6N4S2/c5-4(9)6-1-3-2-7-8-10-3/h2H,1H2,(H3,5,6,9). The Labute approximate surface area is 67.6 Å². The Balaban J connectivity index is 2.35. The molecule has 0 saturated heterocycles. The molecule has 0 amide bonds. The van der Waals surface area contributed by atoms with Crippen molar-refractivity contribution in [1.29, 1.82) is 0 Å². The molecule has 0 saturated carbocycles. The van der Waals surface area contributed by atoms with Gasteiger partial charge in [-0.05, 0) is 23.8 Å². The van der Waals surface area contributed by atoms with Crippen molar-refractivity contribution in [2.24, 2.45) is 5.73 Å². The third-order valence-electron chi connectivity index (χ3n) is 0.844. The zero-order valence-corrected chi connectivity index (χ0v) is 6.71. The maximum absolute atomic E-state index is 5.19. The van der Waals surface area contributed by atoms with Crippen LogP contribution < -0.4 is 11.1 Å². The van der Waals surface area contributed by atoms with E-state index in [1.54, 1.807) is 6.20 Å². The Kier molecular flexibility index (Phi) is 2.52. The number of hydrogen-bond acceptors (Lipinski definition) is 4. The molecule has 1 heterocycles. The highest BCUT2D eigenvalue weighted by Gasteiger charge is 1.93. The Morgan fingerprint density at radius 3 is 3.20 bits per heavy atom. The summed E-state index contributed by atoms with van der Waals surface area (Å²) in [5, 5.41) is 6.73. The van der Waals surface area contributed by atoms with Crippen LogP contribution in [0.3, 0.4) is 0 Å². The number of hydrogen-bond donors (Lipinski definition) is 2. The van der Waals surface area contributed by atoms with Crippen LogP contribution in [0.15, 0.2) is 6.20 Å². The van der Waals surface area contributed by atoms with Gasteiger partial charge in [0.25, 0.3) is 0 Å². The van der Waals surface area contributed by atoms with E-state index in [2.05, 4.69) is 27.1 Å². The van der Waals surface area contributed by atoms with Crippen LogP contribution >= 0.6 is 23.8 Å². The predicted octanol–water partition coefficient (Wildman–Crippen LogP) is -0.129. The molecule has 0 aliphatic heterocycles. The molecule has 0 fully saturated rings. The number of nitrogens with one attached hydrogen (secondary N) is 1. The van der Waals surface area contributed by atoms with Crippen molar-refractivity contribution >= 4 is 28.9 Å². The van der Waals surface area contributed by atoms with Crippen LogP contribution in [0.4, 0.5) is 0 Å². The quantitative estimate of drug-likeness (QED) is 0.612. The van der Waals surface area contributed by atoms with Crippen LogP contribution in [-0.2, 0) is 6.54 Å². The van der Waals surface area contributed by atoms with Gasteiger partial charge in [0.1, 0.15) is 0 Å². The van der Waals surface area contributed by atoms with E-state index in [0.29, 0.717) is 11.7 Å². The number of nitrogens with two attached hydrogens (primary N) is 1. The SMILES string of the molecule is NC(=S)NCc1cnns1. The highest BCUT2D eigenvalue weighted by atomic mass is 32.1. The Morgan fingerprint density at radius 1 is 1.90 bits per heavy atom. The van der Waals surface area contributed by atoms with Crippen molar-refractivity contribution in [2.45, 2.75) is 6.54 Å². The van der Waals surface area contributed by atoms with Gasteiger partial charge in [-0.1, -0.05) is 4.49 Å². The first-order valence-corrected chi connectivity index (χ1v) is 3.77. The van der Waals surface area contributed by atoms with Gasteiger partial charge in [-0.2, -0.15) is 0 Å². The molecular weight excluding hydrogens is 168 g/mol. The van der Waals surface area contributed by atoms with E-state index in [4.69, 9.17) is 5.73 Å². The van der Waals surface area contributed by atoms with E-state index in [1.807, 2.05) is 0 Å². The molecule has 1 aromatic rings. The van der Waals surface area contributed by atoms with Gasteiger partial charge in [-0.3, -0.25) is 0 Å². The fourth-order valence-corrected chi connectivity index (χ4v) is 0.942. The van der Waals surface area contributed by atoms with Crippen LogP contribution in [0.1, 0.15) is 4.88 Å². The topological polar surface area (TPSA) is 63.8 Å². The first-order valence-electron chi connectivity index (χ1n) is 2.58. The predicted molar refractivity (Wildman–Crippen MR) is 43.5 cm³/mol. The Morgan fingerprint density at radius 2 is 2.70 bits per heavy atom. The van der Waals surface area contributed by atoms with Crippen molar-refractivity contribution in [3.63, 3.8) is 0 Å². The van der Waals surface area contributed by atoms with E-state index in [9.17, 15) is 0 Å². The number of rotatable bonds is 2. The molecule has 3 N–H and O–H groups in total. The molecule has 0 atom stereocenters. The zero-order chi connectivity index (χ0) is 7.40. The van der Waals surface area contributed by atoms with Crippen LogP contribution in [0, 0.1) is 0 Å². The highest BCUT2D eigenvalue weighted by molar-refractivity contribution is 7.80. The molecule has 0 unspecified atom stereocenters. The summed E-state index contributed by atoms with van der Waals surface area (Å²) in [5.41, 5.74) is 5.19. The molecule has 10 heavy (non-hydrogen) atoms. The normalized spacial score (nSPS) is 9.20. The lowest BCUT2D eigenvalue weighted by Crippen LogP contribution is -2.27. The fraction of sp³-hybridized carbons (Fsp3) is 0.250. The lowest BCUT2D eigenvalue weighted by molar-refractivity contribution is 0.934. The van der Waals surface area contributed by atoms with Crippen LogP contribution in [-0.4, -0.2) is 14.7 Å². The van der Waals surface area contributed by atoms with Crippen molar-refractivity contribution in [3.8, 4) is 0 Å². The minimum Gasteiger partial charge on any atom is -0.376 e. The second-order valence-electron chi connectivity index (χ2n) is 1.60. The summed E-state index contributed by atoms with van der Waals surface area (Å²) in [6.07, 6.45) is 1.68. The van der Waals surface area contributed by atoms with Crippen molar-refractivity contribution in [3.05, 3.63) is 11.1 Å². The van der Waals surface area contributed by atoms with Crippen LogP contribution in [0.2, 0.25) is 0 Å². The molecule has 0 radical (unpaired) electrons. The molecule has 6 heteroatoms. The summed E-state index contributed by atoms with van der Waals surface area (Å²) in [6.45, 7) is 0.618. The molecule has 4 nitrogen and oxygen atoms in total. The third-order valence-corrected chi connectivity index (χ3v) is 1.65. The largest absolute Gasteiger partial charge is 0.376 e. The summed E-state index contributed by atoms with van der Waals surface area (Å²) >= 11 is 5.93.